The van der Waals surface area contributed by atoms with Crippen LogP contribution < -0.4 is 10.6 Å². The Morgan fingerprint density at radius 2 is 2.00 bits per heavy atom. The van der Waals surface area contributed by atoms with Crippen LogP contribution in [0.15, 0.2) is 24.3 Å². The minimum absolute atomic E-state index is 0.601. The van der Waals surface area contributed by atoms with Gasteiger partial charge in [-0.2, -0.15) is 0 Å². The molecule has 0 heterocycles. The fourth-order valence-electron chi connectivity index (χ4n) is 1.16. The van der Waals surface area contributed by atoms with Gasteiger partial charge in [0.05, 0.1) is 0 Å². The SMILES string of the molecule is Cc1ccc(NC(O)NCCCCl)cc1. The molecule has 0 saturated carbocycles. The zero-order chi connectivity index (χ0) is 11.1. The molecule has 84 valence electrons. The van der Waals surface area contributed by atoms with Crippen molar-refractivity contribution in [2.75, 3.05) is 17.7 Å². The van der Waals surface area contributed by atoms with Crippen LogP contribution in [-0.2, 0) is 0 Å². The van der Waals surface area contributed by atoms with E-state index in [2.05, 4.69) is 10.6 Å². The quantitative estimate of drug-likeness (QED) is 0.396. The first kappa shape index (κ1) is 12.3. The molecule has 3 nitrogen and oxygen atoms in total. The Morgan fingerprint density at radius 3 is 2.60 bits per heavy atom. The molecule has 0 spiro atoms. The summed E-state index contributed by atoms with van der Waals surface area (Å²) in [6.07, 6.45) is 0.115. The molecule has 15 heavy (non-hydrogen) atoms. The number of anilines is 1. The lowest BCUT2D eigenvalue weighted by molar-refractivity contribution is 0.166. The minimum Gasteiger partial charge on any atom is -0.361 e. The number of halogens is 1. The van der Waals surface area contributed by atoms with Crippen molar-refractivity contribution in [3.05, 3.63) is 29.8 Å². The largest absolute Gasteiger partial charge is 0.361 e. The molecule has 1 aromatic rings. The average molecular weight is 229 g/mol. The lowest BCUT2D eigenvalue weighted by Gasteiger charge is -2.15. The van der Waals surface area contributed by atoms with Gasteiger partial charge in [0.2, 0.25) is 0 Å². The molecule has 0 bridgehead atoms. The number of aryl methyl sites for hydroxylation is 1. The van der Waals surface area contributed by atoms with Gasteiger partial charge < -0.3 is 10.4 Å². The summed E-state index contributed by atoms with van der Waals surface area (Å²) in [5.74, 6) is 0.601. The molecule has 3 N–H and O–H groups in total. The second-order valence-electron chi connectivity index (χ2n) is 3.41. The van der Waals surface area contributed by atoms with Gasteiger partial charge in [0.25, 0.3) is 0 Å². The van der Waals surface area contributed by atoms with E-state index in [1.54, 1.807) is 0 Å². The standard InChI is InChI=1S/C11H17ClN2O/c1-9-3-5-10(6-4-9)14-11(15)13-8-2-7-12/h3-6,11,13-15H,2,7-8H2,1H3. The van der Waals surface area contributed by atoms with Crippen LogP contribution in [0.4, 0.5) is 5.69 Å². The fraction of sp³-hybridized carbons (Fsp3) is 0.455. The predicted molar refractivity (Wildman–Crippen MR) is 64.1 cm³/mol. The van der Waals surface area contributed by atoms with Gasteiger partial charge in [0.1, 0.15) is 0 Å². The number of rotatable bonds is 6. The van der Waals surface area contributed by atoms with Gasteiger partial charge in [0, 0.05) is 18.1 Å². The van der Waals surface area contributed by atoms with Crippen molar-refractivity contribution in [1.29, 1.82) is 0 Å². The van der Waals surface area contributed by atoms with E-state index in [0.717, 1.165) is 12.1 Å². The highest BCUT2D eigenvalue weighted by molar-refractivity contribution is 6.17. The van der Waals surface area contributed by atoms with Crippen LogP contribution in [0.3, 0.4) is 0 Å². The third kappa shape index (κ3) is 5.02. The monoisotopic (exact) mass is 228 g/mol. The molecule has 0 fully saturated rings. The number of hydrogen-bond acceptors (Lipinski definition) is 3. The van der Waals surface area contributed by atoms with E-state index < -0.39 is 6.35 Å². The lowest BCUT2D eigenvalue weighted by Crippen LogP contribution is -2.36. The van der Waals surface area contributed by atoms with E-state index in [0.29, 0.717) is 12.4 Å². The summed E-state index contributed by atoms with van der Waals surface area (Å²) in [6, 6.07) is 7.85. The van der Waals surface area contributed by atoms with E-state index in [9.17, 15) is 5.11 Å². The van der Waals surface area contributed by atoms with Crippen LogP contribution in [0.2, 0.25) is 0 Å². The Balaban J connectivity index is 2.31. The summed E-state index contributed by atoms with van der Waals surface area (Å²) < 4.78 is 0. The molecular weight excluding hydrogens is 212 g/mol. The number of aliphatic hydroxyl groups is 1. The first-order valence-corrected chi connectivity index (χ1v) is 5.56. The second kappa shape index (κ2) is 6.67. The second-order valence-corrected chi connectivity index (χ2v) is 3.79. The maximum absolute atomic E-state index is 9.53. The molecule has 0 aliphatic carbocycles. The normalized spacial score (nSPS) is 12.5. The van der Waals surface area contributed by atoms with Gasteiger partial charge in [-0.05, 0) is 25.5 Å². The van der Waals surface area contributed by atoms with Gasteiger partial charge in [-0.15, -0.1) is 11.6 Å². The molecule has 1 atom stereocenters. The molecule has 0 radical (unpaired) electrons. The number of alkyl halides is 1. The van der Waals surface area contributed by atoms with Crippen molar-refractivity contribution in [2.45, 2.75) is 19.7 Å². The van der Waals surface area contributed by atoms with Crippen molar-refractivity contribution in [2.24, 2.45) is 0 Å². The summed E-state index contributed by atoms with van der Waals surface area (Å²) >= 11 is 5.52. The highest BCUT2D eigenvalue weighted by Gasteiger charge is 2.01. The number of nitrogens with one attached hydrogen (secondary N) is 2. The van der Waals surface area contributed by atoms with Gasteiger partial charge >= 0.3 is 0 Å². The van der Waals surface area contributed by atoms with Crippen molar-refractivity contribution < 1.29 is 5.11 Å². The topological polar surface area (TPSA) is 44.3 Å². The fourth-order valence-corrected chi connectivity index (χ4v) is 1.30. The molecular formula is C11H17ClN2O. The molecule has 0 saturated heterocycles. The summed E-state index contributed by atoms with van der Waals surface area (Å²) in [6.45, 7) is 2.72. The van der Waals surface area contributed by atoms with E-state index in [-0.39, 0.29) is 0 Å². The Labute approximate surface area is 95.5 Å². The van der Waals surface area contributed by atoms with Crippen LogP contribution in [0.25, 0.3) is 0 Å². The van der Waals surface area contributed by atoms with Crippen molar-refractivity contribution >= 4 is 17.3 Å². The Morgan fingerprint density at radius 1 is 1.33 bits per heavy atom. The third-order valence-corrected chi connectivity index (χ3v) is 2.27. The molecule has 1 rings (SSSR count). The molecule has 0 aromatic heterocycles. The molecule has 0 amide bonds. The van der Waals surface area contributed by atoms with Gasteiger partial charge in [-0.3, -0.25) is 5.32 Å². The smallest absolute Gasteiger partial charge is 0.181 e. The number of benzene rings is 1. The first-order chi connectivity index (χ1) is 7.22. The van der Waals surface area contributed by atoms with Crippen LogP contribution in [0, 0.1) is 6.92 Å². The highest BCUT2D eigenvalue weighted by atomic mass is 35.5. The molecule has 0 aliphatic heterocycles. The van der Waals surface area contributed by atoms with Crippen LogP contribution in [-0.4, -0.2) is 23.9 Å². The van der Waals surface area contributed by atoms with Crippen molar-refractivity contribution in [1.82, 2.24) is 5.32 Å². The van der Waals surface area contributed by atoms with Gasteiger partial charge in [-0.1, -0.05) is 17.7 Å². The molecule has 4 heteroatoms. The minimum atomic E-state index is -0.726. The number of hydrogen-bond donors (Lipinski definition) is 3. The summed E-state index contributed by atoms with van der Waals surface area (Å²) in [5, 5.41) is 15.4. The zero-order valence-electron chi connectivity index (χ0n) is 8.83. The van der Waals surface area contributed by atoms with Crippen molar-refractivity contribution in [3.8, 4) is 0 Å². The summed E-state index contributed by atoms with van der Waals surface area (Å²) in [5.41, 5.74) is 2.09. The first-order valence-electron chi connectivity index (χ1n) is 5.03. The maximum Gasteiger partial charge on any atom is 0.181 e. The molecule has 1 aromatic carbocycles. The Kier molecular flexibility index (Phi) is 5.47. The van der Waals surface area contributed by atoms with E-state index in [4.69, 9.17) is 11.6 Å². The van der Waals surface area contributed by atoms with E-state index >= 15 is 0 Å². The lowest BCUT2D eigenvalue weighted by atomic mass is 10.2. The third-order valence-electron chi connectivity index (χ3n) is 2.00. The van der Waals surface area contributed by atoms with Gasteiger partial charge in [0.15, 0.2) is 6.35 Å². The van der Waals surface area contributed by atoms with E-state index in [1.165, 1.54) is 5.56 Å². The maximum atomic E-state index is 9.53. The highest BCUT2D eigenvalue weighted by Crippen LogP contribution is 2.08. The van der Waals surface area contributed by atoms with Gasteiger partial charge in [-0.25, -0.2) is 0 Å². The molecule has 0 aliphatic rings. The van der Waals surface area contributed by atoms with Crippen LogP contribution >= 0.6 is 11.6 Å². The average Bonchev–Trinajstić information content (AvgIpc) is 2.22. The van der Waals surface area contributed by atoms with Crippen molar-refractivity contribution in [3.63, 3.8) is 0 Å². The number of aliphatic hydroxyl groups excluding tert-OH is 1. The van der Waals surface area contributed by atoms with E-state index in [1.807, 2.05) is 31.2 Å². The summed E-state index contributed by atoms with van der Waals surface area (Å²) in [7, 11) is 0. The summed E-state index contributed by atoms with van der Waals surface area (Å²) in [4.78, 5) is 0. The zero-order valence-corrected chi connectivity index (χ0v) is 9.59. The predicted octanol–water partition coefficient (Wildman–Crippen LogP) is 1.90. The van der Waals surface area contributed by atoms with Crippen LogP contribution in [0.1, 0.15) is 12.0 Å². The Bertz CT molecular complexity index is 276. The molecule has 1 unspecified atom stereocenters. The Hall–Kier alpha value is -0.770. The van der Waals surface area contributed by atoms with Crippen LogP contribution in [0.5, 0.6) is 0 Å².